The normalized spacial score (nSPS) is 13.1. The molecule has 0 fully saturated rings. The standard InChI is InChI=1S/C12H16I2O2S/c1-8-7-9(12(2,3)4)5-6-10(8)17(15,16)11(13)14/h5-7,11H,1-4H3. The molecule has 0 bridgehead atoms. The molecule has 0 saturated carbocycles. The molecule has 2 nitrogen and oxygen atoms in total. The molecule has 0 aliphatic heterocycles. The molecule has 17 heavy (non-hydrogen) atoms. The molecule has 0 aromatic heterocycles. The Kier molecular flexibility index (Phi) is 4.91. The second kappa shape index (κ2) is 5.32. The highest BCUT2D eigenvalue weighted by atomic mass is 127. The van der Waals surface area contributed by atoms with Gasteiger partial charge >= 0.3 is 0 Å². The van der Waals surface area contributed by atoms with Crippen LogP contribution in [0.4, 0.5) is 0 Å². The first kappa shape index (κ1) is 15.7. The Morgan fingerprint density at radius 2 is 1.71 bits per heavy atom. The highest BCUT2D eigenvalue weighted by Crippen LogP contribution is 2.31. The van der Waals surface area contributed by atoms with Crippen LogP contribution in [0.15, 0.2) is 23.1 Å². The molecule has 0 unspecified atom stereocenters. The summed E-state index contributed by atoms with van der Waals surface area (Å²) in [4.78, 5) is 0.444. The minimum Gasteiger partial charge on any atom is -0.222 e. The van der Waals surface area contributed by atoms with E-state index in [-0.39, 0.29) is 5.41 Å². The van der Waals surface area contributed by atoms with Gasteiger partial charge in [-0.3, -0.25) is 0 Å². The zero-order valence-electron chi connectivity index (χ0n) is 10.3. The third kappa shape index (κ3) is 3.56. The van der Waals surface area contributed by atoms with E-state index >= 15 is 0 Å². The van der Waals surface area contributed by atoms with Gasteiger partial charge in [0.2, 0.25) is 0 Å². The molecule has 0 radical (unpaired) electrons. The Bertz CT molecular complexity index is 514. The Labute approximate surface area is 131 Å². The van der Waals surface area contributed by atoms with Gasteiger partial charge in [0.1, 0.15) is 0 Å². The lowest BCUT2D eigenvalue weighted by atomic mass is 9.86. The number of rotatable bonds is 2. The van der Waals surface area contributed by atoms with Crippen LogP contribution >= 0.6 is 45.2 Å². The van der Waals surface area contributed by atoms with Crippen LogP contribution in [0.25, 0.3) is 0 Å². The van der Waals surface area contributed by atoms with E-state index in [4.69, 9.17) is 0 Å². The zero-order valence-corrected chi connectivity index (χ0v) is 15.4. The van der Waals surface area contributed by atoms with Crippen LogP contribution in [0, 0.1) is 6.92 Å². The van der Waals surface area contributed by atoms with Gasteiger partial charge in [-0.15, -0.1) is 0 Å². The number of sulfone groups is 1. The molecule has 1 rings (SSSR count). The number of benzene rings is 1. The maximum absolute atomic E-state index is 12.1. The van der Waals surface area contributed by atoms with Crippen molar-refractivity contribution in [1.82, 2.24) is 0 Å². The summed E-state index contributed by atoms with van der Waals surface area (Å²) in [7, 11) is -3.20. The third-order valence-electron chi connectivity index (χ3n) is 2.58. The summed E-state index contributed by atoms with van der Waals surface area (Å²) in [5.74, 6) is 0. The van der Waals surface area contributed by atoms with Gasteiger partial charge in [-0.2, -0.15) is 0 Å². The van der Waals surface area contributed by atoms with Gasteiger partial charge in [-0.05, 0) is 29.5 Å². The summed E-state index contributed by atoms with van der Waals surface area (Å²) in [6.45, 7) is 8.22. The predicted molar refractivity (Wildman–Crippen MR) is 88.9 cm³/mol. The van der Waals surface area contributed by atoms with E-state index in [1.807, 2.05) is 64.2 Å². The smallest absolute Gasteiger partial charge is 0.199 e. The number of alkyl halides is 2. The lowest BCUT2D eigenvalue weighted by Gasteiger charge is -2.20. The van der Waals surface area contributed by atoms with Gasteiger partial charge < -0.3 is 0 Å². The minimum atomic E-state index is -3.20. The van der Waals surface area contributed by atoms with E-state index < -0.39 is 11.1 Å². The lowest BCUT2D eigenvalue weighted by Crippen LogP contribution is -2.14. The third-order valence-corrected chi connectivity index (χ3v) is 8.14. The van der Waals surface area contributed by atoms with Crippen molar-refractivity contribution in [3.63, 3.8) is 0 Å². The van der Waals surface area contributed by atoms with Gasteiger partial charge in [-0.25, -0.2) is 8.42 Å². The van der Waals surface area contributed by atoms with Gasteiger partial charge in [0, 0.05) is 0 Å². The molecule has 96 valence electrons. The quantitative estimate of drug-likeness (QED) is 0.472. The van der Waals surface area contributed by atoms with Crippen molar-refractivity contribution in [2.24, 2.45) is 0 Å². The second-order valence-electron chi connectivity index (χ2n) is 5.04. The molecule has 0 aliphatic carbocycles. The van der Waals surface area contributed by atoms with Crippen molar-refractivity contribution in [1.29, 1.82) is 0 Å². The molecule has 0 N–H and O–H groups in total. The van der Waals surface area contributed by atoms with Crippen molar-refractivity contribution in [3.8, 4) is 0 Å². The molecule has 0 atom stereocenters. The predicted octanol–water partition coefficient (Wildman–Crippen LogP) is 4.22. The first-order valence-electron chi connectivity index (χ1n) is 5.20. The van der Waals surface area contributed by atoms with Crippen LogP contribution < -0.4 is 0 Å². The summed E-state index contributed by atoms with van der Waals surface area (Å²) in [5, 5.41) is 0. The Morgan fingerprint density at radius 3 is 2.06 bits per heavy atom. The molecule has 0 aliphatic rings. The van der Waals surface area contributed by atoms with Crippen molar-refractivity contribution < 1.29 is 8.42 Å². The average Bonchev–Trinajstić information content (AvgIpc) is 2.15. The average molecular weight is 478 g/mol. The molecule has 1 aromatic rings. The van der Waals surface area contributed by atoms with Crippen molar-refractivity contribution >= 4 is 55.0 Å². The van der Waals surface area contributed by atoms with Crippen molar-refractivity contribution in [2.45, 2.75) is 39.3 Å². The van der Waals surface area contributed by atoms with E-state index in [1.165, 1.54) is 0 Å². The Balaban J connectivity index is 3.34. The molecule has 5 heteroatoms. The van der Waals surface area contributed by atoms with E-state index in [1.54, 1.807) is 6.07 Å². The number of aryl methyl sites for hydroxylation is 1. The summed E-state index contributed by atoms with van der Waals surface area (Å²) < 4.78 is 23.8. The van der Waals surface area contributed by atoms with Crippen LogP contribution in [0.2, 0.25) is 0 Å². The molecular formula is C12H16I2O2S. The van der Waals surface area contributed by atoms with Gasteiger partial charge in [-0.1, -0.05) is 78.1 Å². The fraction of sp³-hybridized carbons (Fsp3) is 0.500. The summed E-state index contributed by atoms with van der Waals surface area (Å²) in [6, 6.07) is 5.62. The number of halogens is 2. The Hall–Kier alpha value is 0.630. The highest BCUT2D eigenvalue weighted by molar-refractivity contribution is 14.2. The van der Waals surface area contributed by atoms with Crippen LogP contribution in [0.5, 0.6) is 0 Å². The van der Waals surface area contributed by atoms with E-state index in [9.17, 15) is 8.42 Å². The van der Waals surface area contributed by atoms with E-state index in [2.05, 4.69) is 20.8 Å². The fourth-order valence-electron chi connectivity index (χ4n) is 1.53. The van der Waals surface area contributed by atoms with Gasteiger partial charge in [0.05, 0.1) is 4.90 Å². The fourth-order valence-corrected chi connectivity index (χ4v) is 4.13. The van der Waals surface area contributed by atoms with Crippen LogP contribution in [-0.4, -0.2) is 9.68 Å². The van der Waals surface area contributed by atoms with Crippen LogP contribution in [0.1, 0.15) is 31.9 Å². The van der Waals surface area contributed by atoms with E-state index in [0.29, 0.717) is 4.90 Å². The monoisotopic (exact) mass is 478 g/mol. The largest absolute Gasteiger partial charge is 0.222 e. The van der Waals surface area contributed by atoms with Gasteiger partial charge in [0.15, 0.2) is 11.1 Å². The van der Waals surface area contributed by atoms with Crippen molar-refractivity contribution in [3.05, 3.63) is 29.3 Å². The molecule has 1 aromatic carbocycles. The first-order valence-corrected chi connectivity index (χ1v) is 9.24. The van der Waals surface area contributed by atoms with Crippen LogP contribution in [-0.2, 0) is 15.3 Å². The SMILES string of the molecule is Cc1cc(C(C)(C)C)ccc1S(=O)(=O)C(I)I. The number of hydrogen-bond acceptors (Lipinski definition) is 2. The van der Waals surface area contributed by atoms with Crippen molar-refractivity contribution in [2.75, 3.05) is 0 Å². The van der Waals surface area contributed by atoms with Crippen LogP contribution in [0.3, 0.4) is 0 Å². The number of hydrogen-bond donors (Lipinski definition) is 0. The topological polar surface area (TPSA) is 34.1 Å². The summed E-state index contributed by atoms with van der Waals surface area (Å²) in [6.07, 6.45) is 0. The highest BCUT2D eigenvalue weighted by Gasteiger charge is 2.25. The second-order valence-corrected chi connectivity index (χ2v) is 13.6. The maximum Gasteiger partial charge on any atom is 0.199 e. The lowest BCUT2D eigenvalue weighted by molar-refractivity contribution is 0.586. The zero-order chi connectivity index (χ0) is 13.4. The maximum atomic E-state index is 12.1. The molecule has 0 heterocycles. The first-order chi connectivity index (χ1) is 7.56. The minimum absolute atomic E-state index is 0.0428. The molecular weight excluding hydrogens is 462 g/mol. The Morgan fingerprint density at radius 1 is 1.18 bits per heavy atom. The van der Waals surface area contributed by atoms with E-state index in [0.717, 1.165) is 11.1 Å². The molecule has 0 saturated heterocycles. The molecule has 0 amide bonds. The summed E-state index contributed by atoms with van der Waals surface area (Å²) in [5.41, 5.74) is 2.03. The molecule has 0 spiro atoms. The van der Waals surface area contributed by atoms with Gasteiger partial charge in [0.25, 0.3) is 0 Å². The summed E-state index contributed by atoms with van der Waals surface area (Å²) >= 11 is 3.86.